The molecule has 6 nitrogen and oxygen atoms in total. The van der Waals surface area contributed by atoms with Crippen LogP contribution in [0.1, 0.15) is 16.1 Å². The van der Waals surface area contributed by atoms with Crippen molar-refractivity contribution in [1.29, 1.82) is 0 Å². The molecule has 0 fully saturated rings. The summed E-state index contributed by atoms with van der Waals surface area (Å²) in [6, 6.07) is 6.83. The number of nitrogens with zero attached hydrogens (tertiary/aromatic N) is 3. The third-order valence-corrected chi connectivity index (χ3v) is 3.50. The van der Waals surface area contributed by atoms with Crippen LogP contribution in [0.25, 0.3) is 5.78 Å². The summed E-state index contributed by atoms with van der Waals surface area (Å²) in [4.78, 5) is 19.6. The van der Waals surface area contributed by atoms with Crippen molar-refractivity contribution < 1.29 is 14.6 Å². The van der Waals surface area contributed by atoms with Gasteiger partial charge in [0.25, 0.3) is 0 Å². The van der Waals surface area contributed by atoms with Crippen LogP contribution in [0.2, 0.25) is 0 Å². The maximum Gasteiger partial charge on any atom is 0.339 e. The highest BCUT2D eigenvalue weighted by Gasteiger charge is 2.12. The van der Waals surface area contributed by atoms with Gasteiger partial charge in [-0.15, -0.1) is 0 Å². The van der Waals surface area contributed by atoms with Gasteiger partial charge in [-0.25, -0.2) is 14.8 Å². The molecule has 2 aromatic heterocycles. The van der Waals surface area contributed by atoms with Gasteiger partial charge >= 0.3 is 5.97 Å². The Kier molecular flexibility index (Phi) is 3.74. The Morgan fingerprint density at radius 1 is 1.43 bits per heavy atom. The number of aromatic nitrogens is 3. The number of ether oxygens (including phenoxy) is 1. The molecule has 0 aliphatic heterocycles. The first-order chi connectivity index (χ1) is 10.1. The zero-order valence-corrected chi connectivity index (χ0v) is 12.9. The lowest BCUT2D eigenvalue weighted by atomic mass is 10.2. The Morgan fingerprint density at radius 2 is 2.29 bits per heavy atom. The molecule has 7 heteroatoms. The topological polar surface area (TPSA) is 76.7 Å². The van der Waals surface area contributed by atoms with E-state index in [9.17, 15) is 9.90 Å². The third-order valence-electron chi connectivity index (χ3n) is 2.83. The number of hydrogen-bond donors (Lipinski definition) is 1. The van der Waals surface area contributed by atoms with E-state index in [-0.39, 0.29) is 12.2 Å². The first kappa shape index (κ1) is 13.8. The van der Waals surface area contributed by atoms with Crippen molar-refractivity contribution in [2.24, 2.45) is 0 Å². The number of fused-ring (bicyclic) bond motifs is 1. The second kappa shape index (κ2) is 5.68. The standard InChI is InChI=1S/C14H10IN3O3/c15-9-2-3-12(11(6-9)13(19)20)21-8-10-7-18-5-1-4-16-14(18)17-10/h1-7H,8H2,(H,19,20). The van der Waals surface area contributed by atoms with Gasteiger partial charge in [0, 0.05) is 22.2 Å². The van der Waals surface area contributed by atoms with E-state index < -0.39 is 5.97 Å². The van der Waals surface area contributed by atoms with Gasteiger partial charge < -0.3 is 9.84 Å². The zero-order valence-electron chi connectivity index (χ0n) is 10.7. The summed E-state index contributed by atoms with van der Waals surface area (Å²) in [6.45, 7) is 0.185. The van der Waals surface area contributed by atoms with Crippen molar-refractivity contribution in [3.63, 3.8) is 0 Å². The van der Waals surface area contributed by atoms with E-state index in [1.807, 2.05) is 6.20 Å². The van der Waals surface area contributed by atoms with Crippen LogP contribution >= 0.6 is 22.6 Å². The lowest BCUT2D eigenvalue weighted by Gasteiger charge is -2.08. The number of carbonyl (C=O) groups is 1. The Balaban J connectivity index is 1.83. The number of hydrogen-bond acceptors (Lipinski definition) is 4. The highest BCUT2D eigenvalue weighted by molar-refractivity contribution is 14.1. The molecule has 0 saturated carbocycles. The zero-order chi connectivity index (χ0) is 14.8. The van der Waals surface area contributed by atoms with E-state index >= 15 is 0 Å². The van der Waals surface area contributed by atoms with Crippen molar-refractivity contribution in [2.45, 2.75) is 6.61 Å². The minimum atomic E-state index is -1.01. The molecule has 1 aromatic carbocycles. The van der Waals surface area contributed by atoms with Crippen molar-refractivity contribution in [2.75, 3.05) is 0 Å². The number of aromatic carboxylic acids is 1. The second-order valence-electron chi connectivity index (χ2n) is 4.29. The summed E-state index contributed by atoms with van der Waals surface area (Å²) >= 11 is 2.06. The fourth-order valence-electron chi connectivity index (χ4n) is 1.90. The van der Waals surface area contributed by atoms with Crippen LogP contribution in [-0.4, -0.2) is 25.4 Å². The predicted octanol–water partition coefficient (Wildman–Crippen LogP) is 2.61. The quantitative estimate of drug-likeness (QED) is 0.688. The maximum atomic E-state index is 11.2. The summed E-state index contributed by atoms with van der Waals surface area (Å²) in [5, 5.41) is 9.19. The summed E-state index contributed by atoms with van der Waals surface area (Å²) in [7, 11) is 0. The SMILES string of the molecule is O=C(O)c1cc(I)ccc1OCc1cn2cccnc2n1. The van der Waals surface area contributed by atoms with Crippen LogP contribution < -0.4 is 4.74 Å². The van der Waals surface area contributed by atoms with Crippen molar-refractivity contribution >= 4 is 34.3 Å². The van der Waals surface area contributed by atoms with Gasteiger partial charge in [0.1, 0.15) is 17.9 Å². The second-order valence-corrected chi connectivity index (χ2v) is 5.54. The predicted molar refractivity (Wildman–Crippen MR) is 83.4 cm³/mol. The molecule has 1 N–H and O–H groups in total. The molecule has 0 atom stereocenters. The molecule has 0 unspecified atom stereocenters. The monoisotopic (exact) mass is 395 g/mol. The highest BCUT2D eigenvalue weighted by atomic mass is 127. The van der Waals surface area contributed by atoms with E-state index in [2.05, 4.69) is 32.6 Å². The molecule has 3 rings (SSSR count). The van der Waals surface area contributed by atoms with Crippen LogP contribution in [0.3, 0.4) is 0 Å². The normalized spacial score (nSPS) is 10.7. The number of benzene rings is 1. The fraction of sp³-hybridized carbons (Fsp3) is 0.0714. The Hall–Kier alpha value is -2.16. The molecular weight excluding hydrogens is 385 g/mol. The average Bonchev–Trinajstić information content (AvgIpc) is 2.88. The van der Waals surface area contributed by atoms with E-state index in [0.717, 1.165) is 3.57 Å². The van der Waals surface area contributed by atoms with Gasteiger partial charge in [-0.1, -0.05) is 0 Å². The smallest absolute Gasteiger partial charge is 0.339 e. The molecule has 0 aliphatic carbocycles. The van der Waals surface area contributed by atoms with Gasteiger partial charge in [0.05, 0.1) is 5.69 Å². The van der Waals surface area contributed by atoms with E-state index in [1.165, 1.54) is 0 Å². The lowest BCUT2D eigenvalue weighted by molar-refractivity contribution is 0.0691. The van der Waals surface area contributed by atoms with Gasteiger partial charge in [0.15, 0.2) is 0 Å². The van der Waals surface area contributed by atoms with Crippen LogP contribution in [0.5, 0.6) is 5.75 Å². The molecule has 3 aromatic rings. The number of halogens is 1. The number of rotatable bonds is 4. The molecular formula is C14H10IN3O3. The van der Waals surface area contributed by atoms with Crippen molar-refractivity contribution in [3.05, 3.63) is 57.7 Å². The third kappa shape index (κ3) is 2.97. The first-order valence-electron chi connectivity index (χ1n) is 6.08. The molecule has 21 heavy (non-hydrogen) atoms. The molecule has 106 valence electrons. The molecule has 0 radical (unpaired) electrons. The molecule has 0 bridgehead atoms. The molecule has 0 spiro atoms. The summed E-state index contributed by atoms with van der Waals surface area (Å²) in [6.07, 6.45) is 5.30. The minimum absolute atomic E-state index is 0.142. The van der Waals surface area contributed by atoms with Gasteiger partial charge in [-0.2, -0.15) is 0 Å². The van der Waals surface area contributed by atoms with Crippen molar-refractivity contribution in [3.8, 4) is 5.75 Å². The van der Waals surface area contributed by atoms with E-state index in [0.29, 0.717) is 17.2 Å². The van der Waals surface area contributed by atoms with Crippen LogP contribution in [-0.2, 0) is 6.61 Å². The average molecular weight is 395 g/mol. The number of imidazole rings is 1. The minimum Gasteiger partial charge on any atom is -0.486 e. The van der Waals surface area contributed by atoms with Crippen molar-refractivity contribution in [1.82, 2.24) is 14.4 Å². The maximum absolute atomic E-state index is 11.2. The lowest BCUT2D eigenvalue weighted by Crippen LogP contribution is -2.04. The highest BCUT2D eigenvalue weighted by Crippen LogP contribution is 2.22. The van der Waals surface area contributed by atoms with E-state index in [4.69, 9.17) is 4.74 Å². The van der Waals surface area contributed by atoms with Crippen LogP contribution in [0.15, 0.2) is 42.9 Å². The van der Waals surface area contributed by atoms with Crippen LogP contribution in [0.4, 0.5) is 0 Å². The Morgan fingerprint density at radius 3 is 3.05 bits per heavy atom. The molecule has 0 amide bonds. The Bertz CT molecular complexity index is 783. The first-order valence-corrected chi connectivity index (χ1v) is 7.15. The molecule has 0 aliphatic rings. The van der Waals surface area contributed by atoms with Gasteiger partial charge in [0.2, 0.25) is 5.78 Å². The summed E-state index contributed by atoms with van der Waals surface area (Å²) < 4.78 is 8.21. The van der Waals surface area contributed by atoms with Crippen LogP contribution in [0, 0.1) is 3.57 Å². The molecule has 0 saturated heterocycles. The number of carboxylic acids is 1. The number of carboxylic acid groups (broad SMARTS) is 1. The van der Waals surface area contributed by atoms with Gasteiger partial charge in [-0.05, 0) is 46.9 Å². The largest absolute Gasteiger partial charge is 0.486 e. The summed E-state index contributed by atoms with van der Waals surface area (Å²) in [5.41, 5.74) is 0.826. The summed E-state index contributed by atoms with van der Waals surface area (Å²) in [5.74, 6) is -0.106. The molecule has 2 heterocycles. The van der Waals surface area contributed by atoms with E-state index in [1.54, 1.807) is 41.1 Å². The Labute approximate surface area is 133 Å². The fourth-order valence-corrected chi connectivity index (χ4v) is 2.39. The van der Waals surface area contributed by atoms with Gasteiger partial charge in [-0.3, -0.25) is 4.40 Å².